The van der Waals surface area contributed by atoms with Crippen LogP contribution in [0.5, 0.6) is 0 Å². The molecule has 0 radical (unpaired) electrons. The molecule has 0 bridgehead atoms. The lowest BCUT2D eigenvalue weighted by molar-refractivity contribution is -0.137. The number of halogens is 3. The Labute approximate surface area is 144 Å². The van der Waals surface area contributed by atoms with E-state index in [4.69, 9.17) is 5.73 Å². The summed E-state index contributed by atoms with van der Waals surface area (Å²) < 4.78 is 37.9. The SMILES string of the molecule is CC1CCCCN1c1ncnc(Nc2ccc(C(F)(F)F)cc2)c1N. The predicted molar refractivity (Wildman–Crippen MR) is 91.8 cm³/mol. The fraction of sp³-hybridized carbons (Fsp3) is 0.412. The number of benzene rings is 1. The first-order valence-corrected chi connectivity index (χ1v) is 8.17. The highest BCUT2D eigenvalue weighted by Crippen LogP contribution is 2.33. The second-order valence-electron chi connectivity index (χ2n) is 6.20. The molecule has 5 nitrogen and oxygen atoms in total. The van der Waals surface area contributed by atoms with Gasteiger partial charge in [0.2, 0.25) is 0 Å². The Morgan fingerprint density at radius 2 is 1.88 bits per heavy atom. The molecule has 3 rings (SSSR count). The van der Waals surface area contributed by atoms with E-state index in [1.54, 1.807) is 0 Å². The number of piperidine rings is 1. The summed E-state index contributed by atoms with van der Waals surface area (Å²) in [7, 11) is 0. The van der Waals surface area contributed by atoms with Crippen molar-refractivity contribution >= 4 is 23.0 Å². The number of nitrogens with zero attached hydrogens (tertiary/aromatic N) is 3. The highest BCUT2D eigenvalue weighted by atomic mass is 19.4. The van der Waals surface area contributed by atoms with Gasteiger partial charge in [-0.25, -0.2) is 9.97 Å². The zero-order valence-electron chi connectivity index (χ0n) is 13.8. The smallest absolute Gasteiger partial charge is 0.393 e. The normalized spacial score (nSPS) is 18.2. The summed E-state index contributed by atoms with van der Waals surface area (Å²) in [6.07, 6.45) is 0.392. The summed E-state index contributed by atoms with van der Waals surface area (Å²) in [5.41, 5.74) is 6.40. The van der Waals surface area contributed by atoms with Crippen LogP contribution in [0.25, 0.3) is 0 Å². The lowest BCUT2D eigenvalue weighted by Crippen LogP contribution is -2.38. The minimum atomic E-state index is -4.36. The molecule has 1 fully saturated rings. The van der Waals surface area contributed by atoms with E-state index in [1.165, 1.54) is 24.9 Å². The van der Waals surface area contributed by atoms with Gasteiger partial charge in [0, 0.05) is 18.3 Å². The van der Waals surface area contributed by atoms with E-state index < -0.39 is 11.7 Å². The van der Waals surface area contributed by atoms with Crippen molar-refractivity contribution in [3.8, 4) is 0 Å². The molecule has 2 heterocycles. The van der Waals surface area contributed by atoms with E-state index >= 15 is 0 Å². The van der Waals surface area contributed by atoms with Gasteiger partial charge >= 0.3 is 6.18 Å². The molecule has 0 amide bonds. The molecule has 2 aromatic rings. The van der Waals surface area contributed by atoms with E-state index in [-0.39, 0.29) is 0 Å². The Balaban J connectivity index is 1.82. The fourth-order valence-corrected chi connectivity index (χ4v) is 3.01. The Bertz CT molecular complexity index is 730. The molecule has 1 unspecified atom stereocenters. The molecule has 0 saturated carbocycles. The van der Waals surface area contributed by atoms with Gasteiger partial charge in [0.25, 0.3) is 0 Å². The van der Waals surface area contributed by atoms with Crippen LogP contribution in [0.15, 0.2) is 30.6 Å². The molecule has 1 aliphatic heterocycles. The van der Waals surface area contributed by atoms with E-state index in [0.717, 1.165) is 31.5 Å². The van der Waals surface area contributed by atoms with E-state index in [1.807, 2.05) is 0 Å². The largest absolute Gasteiger partial charge is 0.416 e. The molecule has 1 aromatic heterocycles. The highest BCUT2D eigenvalue weighted by molar-refractivity contribution is 5.78. The molecule has 0 aliphatic carbocycles. The maximum atomic E-state index is 12.6. The van der Waals surface area contributed by atoms with Crippen LogP contribution in [0.2, 0.25) is 0 Å². The van der Waals surface area contributed by atoms with Gasteiger partial charge in [-0.15, -0.1) is 0 Å². The van der Waals surface area contributed by atoms with Crippen LogP contribution in [-0.4, -0.2) is 22.6 Å². The molecule has 1 saturated heterocycles. The topological polar surface area (TPSA) is 67.1 Å². The second-order valence-corrected chi connectivity index (χ2v) is 6.20. The summed E-state index contributed by atoms with van der Waals surface area (Å²) in [6.45, 7) is 3.01. The van der Waals surface area contributed by atoms with Gasteiger partial charge in [0.05, 0.1) is 5.56 Å². The molecule has 134 valence electrons. The van der Waals surface area contributed by atoms with Crippen molar-refractivity contribution in [3.63, 3.8) is 0 Å². The lowest BCUT2D eigenvalue weighted by Gasteiger charge is -2.35. The highest BCUT2D eigenvalue weighted by Gasteiger charge is 2.30. The summed E-state index contributed by atoms with van der Waals surface area (Å²) in [4.78, 5) is 10.6. The molecular formula is C17H20F3N5. The van der Waals surface area contributed by atoms with Crippen LogP contribution in [0.4, 0.5) is 36.2 Å². The second kappa shape index (κ2) is 6.78. The summed E-state index contributed by atoms with van der Waals surface area (Å²) in [6, 6.07) is 5.09. The minimum Gasteiger partial charge on any atom is -0.393 e. The van der Waals surface area contributed by atoms with Crippen molar-refractivity contribution in [3.05, 3.63) is 36.2 Å². The van der Waals surface area contributed by atoms with Crippen molar-refractivity contribution in [2.45, 2.75) is 38.4 Å². The average molecular weight is 351 g/mol. The number of alkyl halides is 3. The van der Waals surface area contributed by atoms with Crippen LogP contribution in [0.1, 0.15) is 31.7 Å². The summed E-state index contributed by atoms with van der Waals surface area (Å²) in [5, 5.41) is 2.98. The van der Waals surface area contributed by atoms with Crippen molar-refractivity contribution in [2.24, 2.45) is 0 Å². The molecule has 1 aromatic carbocycles. The average Bonchev–Trinajstić information content (AvgIpc) is 2.57. The third kappa shape index (κ3) is 3.78. The molecule has 8 heteroatoms. The Kier molecular flexibility index (Phi) is 4.69. The first-order valence-electron chi connectivity index (χ1n) is 8.17. The van der Waals surface area contributed by atoms with E-state index in [2.05, 4.69) is 27.1 Å². The zero-order chi connectivity index (χ0) is 18.0. The maximum Gasteiger partial charge on any atom is 0.416 e. The van der Waals surface area contributed by atoms with Gasteiger partial charge in [-0.3, -0.25) is 0 Å². The third-order valence-electron chi connectivity index (χ3n) is 4.41. The van der Waals surface area contributed by atoms with E-state index in [9.17, 15) is 13.2 Å². The van der Waals surface area contributed by atoms with Crippen molar-refractivity contribution in [1.82, 2.24) is 9.97 Å². The molecular weight excluding hydrogens is 331 g/mol. The van der Waals surface area contributed by atoms with E-state index in [0.29, 0.717) is 29.1 Å². The number of nitrogens with two attached hydrogens (primary N) is 1. The fourth-order valence-electron chi connectivity index (χ4n) is 3.01. The maximum absolute atomic E-state index is 12.6. The Morgan fingerprint density at radius 3 is 2.52 bits per heavy atom. The van der Waals surface area contributed by atoms with Crippen LogP contribution in [-0.2, 0) is 6.18 Å². The van der Waals surface area contributed by atoms with Gasteiger partial charge in [-0.2, -0.15) is 13.2 Å². The Hall–Kier alpha value is -2.51. The lowest BCUT2D eigenvalue weighted by atomic mass is 10.0. The van der Waals surface area contributed by atoms with Gasteiger partial charge in [-0.05, 0) is 50.5 Å². The van der Waals surface area contributed by atoms with Crippen molar-refractivity contribution in [2.75, 3.05) is 22.5 Å². The molecule has 25 heavy (non-hydrogen) atoms. The first-order chi connectivity index (χ1) is 11.9. The van der Waals surface area contributed by atoms with Crippen molar-refractivity contribution in [1.29, 1.82) is 0 Å². The number of aromatic nitrogens is 2. The number of anilines is 4. The number of rotatable bonds is 3. The molecule has 1 aliphatic rings. The molecule has 1 atom stereocenters. The molecule has 3 N–H and O–H groups in total. The Morgan fingerprint density at radius 1 is 1.16 bits per heavy atom. The van der Waals surface area contributed by atoms with Gasteiger partial charge < -0.3 is 16.0 Å². The van der Waals surface area contributed by atoms with Crippen LogP contribution >= 0.6 is 0 Å². The number of hydrogen-bond donors (Lipinski definition) is 2. The third-order valence-corrected chi connectivity index (χ3v) is 4.41. The quantitative estimate of drug-likeness (QED) is 0.867. The predicted octanol–water partition coefficient (Wildman–Crippen LogP) is 4.20. The standard InChI is InChI=1S/C17H20F3N5/c1-11-4-2-3-9-25(11)16-14(21)15(22-10-23-16)24-13-7-5-12(6-8-13)17(18,19)20/h5-8,10-11H,2-4,9,21H2,1H3,(H,22,23,24). The van der Waals surface area contributed by atoms with Gasteiger partial charge in [0.1, 0.15) is 12.0 Å². The van der Waals surface area contributed by atoms with Gasteiger partial charge in [-0.1, -0.05) is 0 Å². The summed E-state index contributed by atoms with van der Waals surface area (Å²) >= 11 is 0. The van der Waals surface area contributed by atoms with Crippen LogP contribution in [0, 0.1) is 0 Å². The number of nitrogens with one attached hydrogen (secondary N) is 1. The zero-order valence-corrected chi connectivity index (χ0v) is 13.8. The minimum absolute atomic E-state index is 0.338. The number of nitrogen functional groups attached to an aromatic ring is 1. The van der Waals surface area contributed by atoms with Gasteiger partial charge in [0.15, 0.2) is 11.6 Å². The van der Waals surface area contributed by atoms with Crippen molar-refractivity contribution < 1.29 is 13.2 Å². The first kappa shape index (κ1) is 17.3. The monoisotopic (exact) mass is 351 g/mol. The van der Waals surface area contributed by atoms with Crippen LogP contribution in [0.3, 0.4) is 0 Å². The summed E-state index contributed by atoms with van der Waals surface area (Å²) in [5.74, 6) is 1.05. The molecule has 0 spiro atoms. The number of hydrogen-bond acceptors (Lipinski definition) is 5. The van der Waals surface area contributed by atoms with Crippen LogP contribution < -0.4 is 16.0 Å².